The number of rotatable bonds is 5. The standard InChI is InChI=1S/C17H14F5N3O/c1-3-9-5-6-25-13(4-2)23-24-16(25)14(9)17(21,22)26-15-11(19)7-10(18)8-12(15)20/h5-8H,3-4H2,1-2H3. The van der Waals surface area contributed by atoms with Crippen LogP contribution >= 0.6 is 0 Å². The Bertz CT molecular complexity index is 947. The van der Waals surface area contributed by atoms with Gasteiger partial charge in [0.25, 0.3) is 0 Å². The number of hydrogen-bond donors (Lipinski definition) is 0. The van der Waals surface area contributed by atoms with E-state index < -0.39 is 34.9 Å². The first-order valence-electron chi connectivity index (χ1n) is 7.85. The van der Waals surface area contributed by atoms with Crippen molar-refractivity contribution in [2.24, 2.45) is 0 Å². The van der Waals surface area contributed by atoms with E-state index in [0.717, 1.165) is 0 Å². The minimum Gasteiger partial charge on any atom is -0.422 e. The molecule has 0 N–H and O–H groups in total. The third-order valence-corrected chi connectivity index (χ3v) is 3.92. The number of nitrogens with zero attached hydrogens (tertiary/aromatic N) is 3. The number of halogens is 5. The second-order valence-corrected chi connectivity index (χ2v) is 5.55. The predicted molar refractivity (Wildman–Crippen MR) is 82.6 cm³/mol. The monoisotopic (exact) mass is 371 g/mol. The van der Waals surface area contributed by atoms with E-state index in [4.69, 9.17) is 0 Å². The van der Waals surface area contributed by atoms with E-state index in [1.807, 2.05) is 0 Å². The molecule has 0 bridgehead atoms. The summed E-state index contributed by atoms with van der Waals surface area (Å²) in [7, 11) is 0. The van der Waals surface area contributed by atoms with Crippen molar-refractivity contribution in [1.82, 2.24) is 14.6 Å². The normalized spacial score (nSPS) is 12.0. The van der Waals surface area contributed by atoms with Crippen LogP contribution in [-0.2, 0) is 19.0 Å². The first-order chi connectivity index (χ1) is 12.3. The highest BCUT2D eigenvalue weighted by Gasteiger charge is 2.41. The van der Waals surface area contributed by atoms with Crippen LogP contribution in [0, 0.1) is 17.5 Å². The molecule has 9 heteroatoms. The maximum Gasteiger partial charge on any atom is 0.430 e. The Morgan fingerprint density at radius 2 is 1.69 bits per heavy atom. The molecule has 138 valence electrons. The number of benzene rings is 1. The van der Waals surface area contributed by atoms with Crippen molar-refractivity contribution in [3.8, 4) is 5.75 Å². The zero-order chi connectivity index (χ0) is 19.1. The number of pyridine rings is 1. The van der Waals surface area contributed by atoms with E-state index in [9.17, 15) is 22.0 Å². The summed E-state index contributed by atoms with van der Waals surface area (Å²) in [5, 5.41) is 7.61. The van der Waals surface area contributed by atoms with E-state index >= 15 is 0 Å². The number of alkyl halides is 2. The molecule has 0 aliphatic rings. The van der Waals surface area contributed by atoms with Crippen molar-refractivity contribution in [3.05, 3.63) is 58.8 Å². The first-order valence-corrected chi connectivity index (χ1v) is 7.85. The fourth-order valence-corrected chi connectivity index (χ4v) is 2.70. The fourth-order valence-electron chi connectivity index (χ4n) is 2.70. The van der Waals surface area contributed by atoms with Gasteiger partial charge in [-0.3, -0.25) is 4.40 Å². The van der Waals surface area contributed by atoms with E-state index in [0.29, 0.717) is 12.2 Å². The van der Waals surface area contributed by atoms with Gasteiger partial charge in [-0.1, -0.05) is 13.8 Å². The SMILES string of the molecule is CCc1ccn2c(CC)nnc2c1C(F)(F)Oc1c(F)cc(F)cc1F. The van der Waals surface area contributed by atoms with Crippen molar-refractivity contribution >= 4 is 5.65 Å². The van der Waals surface area contributed by atoms with Crippen molar-refractivity contribution in [3.63, 3.8) is 0 Å². The second kappa shape index (κ2) is 6.54. The second-order valence-electron chi connectivity index (χ2n) is 5.55. The van der Waals surface area contributed by atoms with Gasteiger partial charge in [0.2, 0.25) is 0 Å². The van der Waals surface area contributed by atoms with Crippen molar-refractivity contribution < 1.29 is 26.7 Å². The predicted octanol–water partition coefficient (Wildman–Crippen LogP) is 4.40. The van der Waals surface area contributed by atoms with E-state index in [2.05, 4.69) is 14.9 Å². The molecule has 1 aromatic carbocycles. The van der Waals surface area contributed by atoms with Gasteiger partial charge in [0.15, 0.2) is 23.0 Å². The molecule has 4 nitrogen and oxygen atoms in total. The topological polar surface area (TPSA) is 39.4 Å². The summed E-state index contributed by atoms with van der Waals surface area (Å²) in [4.78, 5) is 0. The molecule has 0 aliphatic heterocycles. The van der Waals surface area contributed by atoms with Gasteiger partial charge in [0.1, 0.15) is 17.2 Å². The van der Waals surface area contributed by atoms with Gasteiger partial charge in [-0.25, -0.2) is 13.2 Å². The minimum absolute atomic E-state index is 0.172. The summed E-state index contributed by atoms with van der Waals surface area (Å²) < 4.78 is 75.9. The Labute approximate surface area is 145 Å². The molecule has 0 radical (unpaired) electrons. The number of ether oxygens (including phenoxy) is 1. The van der Waals surface area contributed by atoms with Gasteiger partial charge in [-0.2, -0.15) is 8.78 Å². The molecule has 0 amide bonds. The number of fused-ring (bicyclic) bond motifs is 1. The van der Waals surface area contributed by atoms with Gasteiger partial charge in [0.05, 0.1) is 0 Å². The highest BCUT2D eigenvalue weighted by molar-refractivity contribution is 5.54. The summed E-state index contributed by atoms with van der Waals surface area (Å²) in [5.74, 6) is -5.29. The van der Waals surface area contributed by atoms with Gasteiger partial charge in [-0.15, -0.1) is 10.2 Å². The smallest absolute Gasteiger partial charge is 0.422 e. The summed E-state index contributed by atoms with van der Waals surface area (Å²) in [6, 6.07) is 1.98. The number of aryl methyl sites for hydroxylation is 2. The van der Waals surface area contributed by atoms with E-state index in [-0.39, 0.29) is 29.8 Å². The van der Waals surface area contributed by atoms with Crippen LogP contribution in [0.15, 0.2) is 24.4 Å². The van der Waals surface area contributed by atoms with Crippen molar-refractivity contribution in [2.45, 2.75) is 32.8 Å². The summed E-state index contributed by atoms with van der Waals surface area (Å²) in [5.41, 5.74) is -0.632. The Morgan fingerprint density at radius 1 is 1.04 bits per heavy atom. The van der Waals surface area contributed by atoms with Crippen LogP contribution in [0.25, 0.3) is 5.65 Å². The molecule has 3 aromatic rings. The van der Waals surface area contributed by atoms with Crippen LogP contribution in [0.3, 0.4) is 0 Å². The van der Waals surface area contributed by atoms with Crippen molar-refractivity contribution in [1.29, 1.82) is 0 Å². The van der Waals surface area contributed by atoms with Gasteiger partial charge in [0, 0.05) is 24.8 Å². The first kappa shape index (κ1) is 18.1. The molecule has 0 atom stereocenters. The summed E-state index contributed by atoms with van der Waals surface area (Å²) in [6.07, 6.45) is -1.93. The third kappa shape index (κ3) is 2.97. The maximum absolute atomic E-state index is 14.9. The molecular formula is C17H14F5N3O. The summed E-state index contributed by atoms with van der Waals surface area (Å²) in [6.45, 7) is 3.42. The average Bonchev–Trinajstić information content (AvgIpc) is 3.00. The zero-order valence-electron chi connectivity index (χ0n) is 13.9. The largest absolute Gasteiger partial charge is 0.430 e. The lowest BCUT2D eigenvalue weighted by Gasteiger charge is -2.21. The van der Waals surface area contributed by atoms with Crippen LogP contribution in [0.5, 0.6) is 5.75 Å². The Hall–Kier alpha value is -2.71. The average molecular weight is 371 g/mol. The molecule has 0 fully saturated rings. The Kier molecular flexibility index (Phi) is 4.55. The van der Waals surface area contributed by atoms with Crippen molar-refractivity contribution in [2.75, 3.05) is 0 Å². The van der Waals surface area contributed by atoms with E-state index in [1.54, 1.807) is 20.0 Å². The molecule has 0 aliphatic carbocycles. The minimum atomic E-state index is -4.12. The Balaban J connectivity index is 2.16. The van der Waals surface area contributed by atoms with Gasteiger partial charge < -0.3 is 4.74 Å². The third-order valence-electron chi connectivity index (χ3n) is 3.92. The zero-order valence-corrected chi connectivity index (χ0v) is 13.9. The Morgan fingerprint density at radius 3 is 2.27 bits per heavy atom. The van der Waals surface area contributed by atoms with Crippen LogP contribution in [0.4, 0.5) is 22.0 Å². The molecule has 2 aromatic heterocycles. The number of aromatic nitrogens is 3. The van der Waals surface area contributed by atoms with E-state index in [1.165, 1.54) is 10.5 Å². The maximum atomic E-state index is 14.9. The number of hydrogen-bond acceptors (Lipinski definition) is 3. The molecular weight excluding hydrogens is 357 g/mol. The van der Waals surface area contributed by atoms with Crippen LogP contribution in [0.1, 0.15) is 30.8 Å². The molecule has 0 unspecified atom stereocenters. The molecule has 2 heterocycles. The quantitative estimate of drug-likeness (QED) is 0.624. The fraction of sp³-hybridized carbons (Fsp3) is 0.294. The highest BCUT2D eigenvalue weighted by atomic mass is 19.3. The van der Waals surface area contributed by atoms with Gasteiger partial charge >= 0.3 is 6.11 Å². The highest BCUT2D eigenvalue weighted by Crippen LogP contribution is 2.38. The van der Waals surface area contributed by atoms with Crippen LogP contribution in [0.2, 0.25) is 0 Å². The van der Waals surface area contributed by atoms with Crippen LogP contribution < -0.4 is 4.74 Å². The lowest BCUT2D eigenvalue weighted by atomic mass is 10.1. The summed E-state index contributed by atoms with van der Waals surface area (Å²) >= 11 is 0. The lowest BCUT2D eigenvalue weighted by molar-refractivity contribution is -0.188. The molecule has 0 saturated heterocycles. The molecule has 0 spiro atoms. The van der Waals surface area contributed by atoms with Gasteiger partial charge in [-0.05, 0) is 18.1 Å². The molecule has 0 saturated carbocycles. The molecule has 26 heavy (non-hydrogen) atoms. The lowest BCUT2D eigenvalue weighted by Crippen LogP contribution is -2.26. The molecule has 3 rings (SSSR count). The van der Waals surface area contributed by atoms with Crippen LogP contribution in [-0.4, -0.2) is 14.6 Å².